The molecular formula is C16H12F3N3O2S. The van der Waals surface area contributed by atoms with Gasteiger partial charge in [-0.15, -0.1) is 10.2 Å². The number of ether oxygens (including phenoxy) is 1. The number of carbonyl (C=O) groups is 1. The van der Waals surface area contributed by atoms with Crippen molar-refractivity contribution < 1.29 is 22.7 Å². The predicted molar refractivity (Wildman–Crippen MR) is 85.9 cm³/mol. The molecule has 0 fully saturated rings. The van der Waals surface area contributed by atoms with Gasteiger partial charge in [-0.05, 0) is 30.3 Å². The van der Waals surface area contributed by atoms with Crippen LogP contribution in [-0.2, 0) is 11.9 Å². The van der Waals surface area contributed by atoms with Crippen molar-refractivity contribution in [1.29, 1.82) is 0 Å². The molecule has 0 N–H and O–H groups in total. The molecule has 130 valence electrons. The Hall–Kier alpha value is -2.55. The molecule has 0 bridgehead atoms. The van der Waals surface area contributed by atoms with Gasteiger partial charge in [0.15, 0.2) is 10.8 Å². The summed E-state index contributed by atoms with van der Waals surface area (Å²) < 4.78 is 45.2. The SMILES string of the molecule is COc1ccc(C=O)cc1CSc1nnc2ccc(C(F)(F)F)cn12. The number of methoxy groups -OCH3 is 1. The molecule has 1 aromatic carbocycles. The number of nitrogens with zero attached hydrogens (tertiary/aromatic N) is 3. The fourth-order valence-corrected chi connectivity index (χ4v) is 3.16. The Bertz CT molecular complexity index is 925. The summed E-state index contributed by atoms with van der Waals surface area (Å²) in [5.74, 6) is 0.949. The summed E-state index contributed by atoms with van der Waals surface area (Å²) in [5.41, 5.74) is 0.772. The topological polar surface area (TPSA) is 56.5 Å². The minimum absolute atomic E-state index is 0.319. The van der Waals surface area contributed by atoms with E-state index in [2.05, 4.69) is 10.2 Å². The number of aldehydes is 1. The van der Waals surface area contributed by atoms with Gasteiger partial charge in [0.25, 0.3) is 0 Å². The summed E-state index contributed by atoms with van der Waals surface area (Å²) >= 11 is 1.20. The molecule has 0 spiro atoms. The Balaban J connectivity index is 1.90. The molecule has 0 unspecified atom stereocenters. The molecule has 3 rings (SSSR count). The second-order valence-electron chi connectivity index (χ2n) is 5.10. The van der Waals surface area contributed by atoms with Gasteiger partial charge in [-0.25, -0.2) is 0 Å². The molecule has 0 radical (unpaired) electrons. The third-order valence-corrected chi connectivity index (χ3v) is 4.49. The number of thioether (sulfide) groups is 1. The van der Waals surface area contributed by atoms with Crippen molar-refractivity contribution in [2.45, 2.75) is 17.1 Å². The van der Waals surface area contributed by atoms with Gasteiger partial charge in [0.1, 0.15) is 12.0 Å². The van der Waals surface area contributed by atoms with Gasteiger partial charge in [0.05, 0.1) is 12.7 Å². The number of aromatic nitrogens is 3. The summed E-state index contributed by atoms with van der Waals surface area (Å²) in [6, 6.07) is 7.21. The van der Waals surface area contributed by atoms with E-state index in [0.717, 1.165) is 24.1 Å². The summed E-state index contributed by atoms with van der Waals surface area (Å²) in [5, 5.41) is 8.12. The highest BCUT2D eigenvalue weighted by Gasteiger charge is 2.31. The molecular weight excluding hydrogens is 355 g/mol. The first-order chi connectivity index (χ1) is 11.9. The van der Waals surface area contributed by atoms with Crippen LogP contribution in [0, 0.1) is 0 Å². The zero-order valence-corrected chi connectivity index (χ0v) is 13.8. The van der Waals surface area contributed by atoms with Crippen LogP contribution in [0.3, 0.4) is 0 Å². The number of hydrogen-bond donors (Lipinski definition) is 0. The maximum absolute atomic E-state index is 12.9. The molecule has 0 atom stereocenters. The van der Waals surface area contributed by atoms with Crippen LogP contribution < -0.4 is 4.74 Å². The predicted octanol–water partition coefficient (Wildman–Crippen LogP) is 3.86. The second-order valence-corrected chi connectivity index (χ2v) is 6.05. The molecule has 3 aromatic rings. The van der Waals surface area contributed by atoms with E-state index in [4.69, 9.17) is 4.74 Å². The first kappa shape index (κ1) is 17.3. The highest BCUT2D eigenvalue weighted by molar-refractivity contribution is 7.98. The minimum Gasteiger partial charge on any atom is -0.496 e. The van der Waals surface area contributed by atoms with Crippen molar-refractivity contribution in [3.63, 3.8) is 0 Å². The van der Waals surface area contributed by atoms with Crippen LogP contribution in [-0.4, -0.2) is 28.0 Å². The van der Waals surface area contributed by atoms with Gasteiger partial charge < -0.3 is 4.74 Å². The van der Waals surface area contributed by atoms with Gasteiger partial charge in [-0.3, -0.25) is 9.20 Å². The van der Waals surface area contributed by atoms with E-state index < -0.39 is 11.7 Å². The maximum Gasteiger partial charge on any atom is 0.417 e. The lowest BCUT2D eigenvalue weighted by Gasteiger charge is -2.09. The number of rotatable bonds is 5. The highest BCUT2D eigenvalue weighted by atomic mass is 32.2. The van der Waals surface area contributed by atoms with Crippen LogP contribution in [0.15, 0.2) is 41.7 Å². The van der Waals surface area contributed by atoms with Crippen molar-refractivity contribution >= 4 is 23.7 Å². The highest BCUT2D eigenvalue weighted by Crippen LogP contribution is 2.31. The van der Waals surface area contributed by atoms with Crippen molar-refractivity contribution in [2.75, 3.05) is 7.11 Å². The molecule has 0 aliphatic rings. The fraction of sp³-hybridized carbons (Fsp3) is 0.188. The Morgan fingerprint density at radius 1 is 1.24 bits per heavy atom. The van der Waals surface area contributed by atoms with E-state index in [0.29, 0.717) is 27.9 Å². The first-order valence-electron chi connectivity index (χ1n) is 7.09. The molecule has 0 aliphatic carbocycles. The van der Waals surface area contributed by atoms with Crippen molar-refractivity contribution in [3.8, 4) is 5.75 Å². The van der Waals surface area contributed by atoms with E-state index in [9.17, 15) is 18.0 Å². The molecule has 5 nitrogen and oxygen atoms in total. The first-order valence-corrected chi connectivity index (χ1v) is 8.08. The van der Waals surface area contributed by atoms with Gasteiger partial charge in [-0.2, -0.15) is 13.2 Å². The normalized spacial score (nSPS) is 11.7. The van der Waals surface area contributed by atoms with Gasteiger partial charge >= 0.3 is 6.18 Å². The Morgan fingerprint density at radius 2 is 2.04 bits per heavy atom. The molecule has 25 heavy (non-hydrogen) atoms. The van der Waals surface area contributed by atoms with Crippen LogP contribution >= 0.6 is 11.8 Å². The van der Waals surface area contributed by atoms with E-state index in [1.54, 1.807) is 18.2 Å². The average molecular weight is 367 g/mol. The summed E-state index contributed by atoms with van der Waals surface area (Å²) in [6.07, 6.45) is -2.76. The molecule has 0 aliphatic heterocycles. The number of hydrogen-bond acceptors (Lipinski definition) is 5. The molecule has 0 amide bonds. The lowest BCUT2D eigenvalue weighted by atomic mass is 10.1. The van der Waals surface area contributed by atoms with E-state index >= 15 is 0 Å². The average Bonchev–Trinajstić information content (AvgIpc) is 3.01. The Morgan fingerprint density at radius 3 is 2.72 bits per heavy atom. The number of alkyl halides is 3. The molecule has 9 heteroatoms. The van der Waals surface area contributed by atoms with Gasteiger partial charge in [-0.1, -0.05) is 11.8 Å². The smallest absolute Gasteiger partial charge is 0.417 e. The van der Waals surface area contributed by atoms with Crippen LogP contribution in [0.5, 0.6) is 5.75 Å². The van der Waals surface area contributed by atoms with Crippen molar-refractivity contribution in [3.05, 3.63) is 53.2 Å². The van der Waals surface area contributed by atoms with Crippen molar-refractivity contribution in [1.82, 2.24) is 14.6 Å². The second kappa shape index (κ2) is 6.75. The summed E-state index contributed by atoms with van der Waals surface area (Å²) in [4.78, 5) is 10.9. The lowest BCUT2D eigenvalue weighted by Crippen LogP contribution is -2.06. The number of halogens is 3. The van der Waals surface area contributed by atoms with Crippen LogP contribution in [0.2, 0.25) is 0 Å². The molecule has 2 aromatic heterocycles. The number of benzene rings is 1. The summed E-state index contributed by atoms with van der Waals surface area (Å²) in [7, 11) is 1.51. The van der Waals surface area contributed by atoms with Gasteiger partial charge in [0.2, 0.25) is 0 Å². The molecule has 2 heterocycles. The third-order valence-electron chi connectivity index (χ3n) is 3.50. The van der Waals surface area contributed by atoms with Crippen LogP contribution in [0.25, 0.3) is 5.65 Å². The quantitative estimate of drug-likeness (QED) is 0.506. The van der Waals surface area contributed by atoms with Crippen LogP contribution in [0.4, 0.5) is 13.2 Å². The van der Waals surface area contributed by atoms with Crippen LogP contribution in [0.1, 0.15) is 21.5 Å². The standard InChI is InChI=1S/C16H12F3N3O2S/c1-24-13-4-2-10(8-23)6-11(13)9-25-15-21-20-14-5-3-12(7-22(14)15)16(17,18)19/h2-8H,9H2,1H3. The molecule has 0 saturated heterocycles. The minimum atomic E-state index is -4.44. The third kappa shape index (κ3) is 3.60. The monoisotopic (exact) mass is 367 g/mol. The van der Waals surface area contributed by atoms with Gasteiger partial charge in [0, 0.05) is 23.1 Å². The Labute approximate surface area is 144 Å². The lowest BCUT2D eigenvalue weighted by molar-refractivity contribution is -0.137. The van der Waals surface area contributed by atoms with E-state index in [1.807, 2.05) is 0 Å². The fourth-order valence-electron chi connectivity index (χ4n) is 2.26. The zero-order valence-electron chi connectivity index (χ0n) is 12.9. The summed E-state index contributed by atoms with van der Waals surface area (Å²) in [6.45, 7) is 0. The zero-order chi connectivity index (χ0) is 18.0. The van der Waals surface area contributed by atoms with Crippen molar-refractivity contribution in [2.24, 2.45) is 0 Å². The molecule has 0 saturated carbocycles. The van der Waals surface area contributed by atoms with E-state index in [-0.39, 0.29) is 0 Å². The Kier molecular flexibility index (Phi) is 4.67. The largest absolute Gasteiger partial charge is 0.496 e. The van der Waals surface area contributed by atoms with E-state index in [1.165, 1.54) is 29.3 Å². The number of fused-ring (bicyclic) bond motifs is 1. The number of carbonyl (C=O) groups excluding carboxylic acids is 1. The number of pyridine rings is 1. The maximum atomic E-state index is 12.9.